The summed E-state index contributed by atoms with van der Waals surface area (Å²) in [5.74, 6) is 0. The Morgan fingerprint density at radius 3 is 1.53 bits per heavy atom. The average molecular weight is 752 g/mol. The van der Waals surface area contributed by atoms with E-state index >= 15 is 0 Å². The summed E-state index contributed by atoms with van der Waals surface area (Å²) in [5.41, 5.74) is 13.8. The van der Waals surface area contributed by atoms with E-state index in [1.165, 1.54) is 38.1 Å². The summed E-state index contributed by atoms with van der Waals surface area (Å²) in [6.07, 6.45) is 0. The lowest BCUT2D eigenvalue weighted by Crippen LogP contribution is -1.94. The van der Waals surface area contributed by atoms with Crippen LogP contribution in [-0.4, -0.2) is 14.1 Å². The van der Waals surface area contributed by atoms with Gasteiger partial charge in [-0.1, -0.05) is 121 Å². The third-order valence-electron chi connectivity index (χ3n) is 12.3. The van der Waals surface area contributed by atoms with E-state index in [4.69, 9.17) is 9.40 Å². The predicted octanol–water partition coefficient (Wildman–Crippen LogP) is 14.8. The maximum absolute atomic E-state index is 6.94. The highest BCUT2D eigenvalue weighted by atomic mass is 16.3. The van der Waals surface area contributed by atoms with Crippen molar-refractivity contribution in [3.8, 4) is 33.8 Å². The third kappa shape index (κ3) is 4.63. The molecule has 13 aromatic rings. The molecular weight excluding hydrogens is 719 g/mol. The second-order valence-electron chi connectivity index (χ2n) is 15.5. The van der Waals surface area contributed by atoms with Gasteiger partial charge in [0.15, 0.2) is 0 Å². The Labute approximate surface area is 338 Å². The number of hydrogen-bond donors (Lipinski definition) is 0. The number of nitrogens with zero attached hydrogens (tertiary/aromatic N) is 3. The Morgan fingerprint density at radius 2 is 0.864 bits per heavy atom. The molecule has 0 N–H and O–H groups in total. The van der Waals surface area contributed by atoms with Crippen LogP contribution in [0.1, 0.15) is 0 Å². The van der Waals surface area contributed by atoms with Gasteiger partial charge < -0.3 is 13.6 Å². The lowest BCUT2D eigenvalue weighted by molar-refractivity contribution is 0.670. The Hall–Kier alpha value is -7.95. The number of para-hydroxylation sites is 6. The van der Waals surface area contributed by atoms with Crippen molar-refractivity contribution in [2.24, 2.45) is 0 Å². The monoisotopic (exact) mass is 751 g/mol. The molecule has 0 aliphatic rings. The van der Waals surface area contributed by atoms with Crippen LogP contribution in [0.15, 0.2) is 205 Å². The molecule has 4 nitrogen and oxygen atoms in total. The Kier molecular flexibility index (Phi) is 6.69. The van der Waals surface area contributed by atoms with E-state index < -0.39 is 0 Å². The molecule has 0 saturated heterocycles. The molecule has 0 bridgehead atoms. The maximum atomic E-state index is 6.94. The normalized spacial score (nSPS) is 12.1. The predicted molar refractivity (Wildman–Crippen MR) is 246 cm³/mol. The Bertz CT molecular complexity index is 3680. The first-order valence-electron chi connectivity index (χ1n) is 20.1. The van der Waals surface area contributed by atoms with Gasteiger partial charge in [-0.05, 0) is 84.4 Å². The first-order valence-corrected chi connectivity index (χ1v) is 20.1. The highest BCUT2D eigenvalue weighted by Crippen LogP contribution is 2.47. The number of hydrogen-bond acceptors (Lipinski definition) is 2. The molecule has 0 unspecified atom stereocenters. The topological polar surface area (TPSA) is 35.9 Å². The molecule has 0 fully saturated rings. The molecule has 0 atom stereocenters. The number of aromatic nitrogens is 3. The van der Waals surface area contributed by atoms with Crippen LogP contribution in [0.25, 0.3) is 121 Å². The number of furan rings is 1. The van der Waals surface area contributed by atoms with E-state index in [0.29, 0.717) is 0 Å². The molecule has 4 heteroatoms. The van der Waals surface area contributed by atoms with E-state index in [1.807, 2.05) is 0 Å². The van der Waals surface area contributed by atoms with Gasteiger partial charge >= 0.3 is 0 Å². The van der Waals surface area contributed by atoms with Gasteiger partial charge in [-0.3, -0.25) is 0 Å². The third-order valence-corrected chi connectivity index (χ3v) is 12.3. The minimum Gasteiger partial charge on any atom is -0.455 e. The molecule has 0 amide bonds. The van der Waals surface area contributed by atoms with Crippen molar-refractivity contribution < 1.29 is 4.42 Å². The quantitative estimate of drug-likeness (QED) is 0.168. The summed E-state index contributed by atoms with van der Waals surface area (Å²) in [7, 11) is 0. The molecule has 0 radical (unpaired) electrons. The summed E-state index contributed by atoms with van der Waals surface area (Å²) in [6.45, 7) is 0. The molecule has 4 aromatic heterocycles. The number of rotatable bonds is 4. The first kappa shape index (κ1) is 32.2. The van der Waals surface area contributed by atoms with Gasteiger partial charge in [0, 0.05) is 71.0 Å². The van der Waals surface area contributed by atoms with Crippen LogP contribution in [0.2, 0.25) is 0 Å². The van der Waals surface area contributed by atoms with Crippen LogP contribution < -0.4 is 0 Å². The molecule has 0 aliphatic heterocycles. The number of pyridine rings is 1. The van der Waals surface area contributed by atoms with Gasteiger partial charge in [-0.2, -0.15) is 0 Å². The highest BCUT2D eigenvalue weighted by Gasteiger charge is 2.23. The summed E-state index contributed by atoms with van der Waals surface area (Å²) >= 11 is 0. The second-order valence-corrected chi connectivity index (χ2v) is 15.5. The fourth-order valence-electron chi connectivity index (χ4n) is 9.74. The van der Waals surface area contributed by atoms with Crippen molar-refractivity contribution in [3.63, 3.8) is 0 Å². The van der Waals surface area contributed by atoms with Crippen LogP contribution in [-0.2, 0) is 0 Å². The molecule has 9 aromatic carbocycles. The summed E-state index contributed by atoms with van der Waals surface area (Å²) in [4.78, 5) is 5.52. The van der Waals surface area contributed by atoms with E-state index in [1.54, 1.807) is 0 Å². The van der Waals surface area contributed by atoms with E-state index in [2.05, 4.69) is 209 Å². The van der Waals surface area contributed by atoms with Crippen molar-refractivity contribution in [2.45, 2.75) is 0 Å². The van der Waals surface area contributed by atoms with Crippen LogP contribution >= 0.6 is 0 Å². The van der Waals surface area contributed by atoms with Crippen LogP contribution in [0, 0.1) is 0 Å². The van der Waals surface area contributed by atoms with E-state index in [0.717, 1.165) is 82.9 Å². The SMILES string of the molecule is c1ccc(-n2c3ccccc3c3cc(-c4nc5ccccc5c5c4cc(-c4ccc6c(c4)c4ccccc4n6-c4ccccc4)c4oc6ccccc6c45)ccc32)cc1. The van der Waals surface area contributed by atoms with Crippen LogP contribution in [0.4, 0.5) is 0 Å². The van der Waals surface area contributed by atoms with Crippen molar-refractivity contribution in [1.29, 1.82) is 0 Å². The highest BCUT2D eigenvalue weighted by molar-refractivity contribution is 6.31. The van der Waals surface area contributed by atoms with Crippen LogP contribution in [0.3, 0.4) is 0 Å². The minimum absolute atomic E-state index is 0.871. The van der Waals surface area contributed by atoms with Gasteiger partial charge in [0.05, 0.1) is 33.3 Å². The molecule has 0 saturated carbocycles. The molecule has 0 aliphatic carbocycles. The van der Waals surface area contributed by atoms with Gasteiger partial charge in [0.25, 0.3) is 0 Å². The van der Waals surface area contributed by atoms with E-state index in [-0.39, 0.29) is 0 Å². The summed E-state index contributed by atoms with van der Waals surface area (Å²) < 4.78 is 11.7. The Balaban J connectivity index is 1.14. The zero-order chi connectivity index (χ0) is 38.6. The second kappa shape index (κ2) is 12.3. The van der Waals surface area contributed by atoms with Gasteiger partial charge in [0.2, 0.25) is 0 Å². The van der Waals surface area contributed by atoms with Crippen molar-refractivity contribution >= 4 is 87.2 Å². The van der Waals surface area contributed by atoms with Gasteiger partial charge in [-0.15, -0.1) is 0 Å². The lowest BCUT2D eigenvalue weighted by Gasteiger charge is -2.14. The van der Waals surface area contributed by atoms with Gasteiger partial charge in [-0.25, -0.2) is 4.98 Å². The van der Waals surface area contributed by atoms with Crippen molar-refractivity contribution in [1.82, 2.24) is 14.1 Å². The molecule has 13 rings (SSSR count). The van der Waals surface area contributed by atoms with Crippen molar-refractivity contribution in [2.75, 3.05) is 0 Å². The fourth-order valence-corrected chi connectivity index (χ4v) is 9.74. The van der Waals surface area contributed by atoms with Crippen LogP contribution in [0.5, 0.6) is 0 Å². The molecule has 0 spiro atoms. The molecular formula is C55H33N3O. The lowest BCUT2D eigenvalue weighted by atomic mass is 9.91. The fraction of sp³-hybridized carbons (Fsp3) is 0. The standard InChI is InChI=1S/C55H33N3O/c1-3-15-36(16-4-1)57-47-24-12-8-19-38(47)43-31-34(27-29-49(43)57)42-33-45-52(53-41-22-10-14-26-51(41)59-55(42)53)40-21-7-11-23-46(40)56-54(45)35-28-30-50-44(32-35)39-20-9-13-25-48(39)58(50)37-17-5-2-6-18-37/h1-33H. The zero-order valence-electron chi connectivity index (χ0n) is 31.8. The minimum atomic E-state index is 0.871. The largest absolute Gasteiger partial charge is 0.455 e. The summed E-state index contributed by atoms with van der Waals surface area (Å²) in [6, 6.07) is 71.7. The summed E-state index contributed by atoms with van der Waals surface area (Å²) in [5, 5.41) is 10.4. The molecule has 59 heavy (non-hydrogen) atoms. The number of fused-ring (bicyclic) bond motifs is 13. The molecule has 4 heterocycles. The first-order chi connectivity index (χ1) is 29.3. The average Bonchev–Trinajstić information content (AvgIpc) is 3.97. The molecule has 274 valence electrons. The van der Waals surface area contributed by atoms with Crippen molar-refractivity contribution in [3.05, 3.63) is 200 Å². The smallest absolute Gasteiger partial charge is 0.143 e. The van der Waals surface area contributed by atoms with Gasteiger partial charge in [0.1, 0.15) is 11.2 Å². The Morgan fingerprint density at radius 1 is 0.356 bits per heavy atom. The zero-order valence-corrected chi connectivity index (χ0v) is 31.8. The number of benzene rings is 9. The van der Waals surface area contributed by atoms with E-state index in [9.17, 15) is 0 Å². The maximum Gasteiger partial charge on any atom is 0.143 e.